The molecule has 18 heavy (non-hydrogen) atoms. The maximum absolute atomic E-state index is 11.6. The second kappa shape index (κ2) is 4.78. The Hall–Kier alpha value is -1.88. The lowest BCUT2D eigenvalue weighted by molar-refractivity contribution is -0.0459. The van der Waals surface area contributed by atoms with Gasteiger partial charge < -0.3 is 14.9 Å². The molecule has 0 saturated carbocycles. The number of terminal acetylenes is 1. The van der Waals surface area contributed by atoms with Gasteiger partial charge in [-0.1, -0.05) is 5.92 Å². The number of aliphatic hydroxyl groups is 2. The van der Waals surface area contributed by atoms with E-state index < -0.39 is 29.7 Å². The summed E-state index contributed by atoms with van der Waals surface area (Å²) in [5.41, 5.74) is -1.31. The molecule has 0 amide bonds. The van der Waals surface area contributed by atoms with Crippen molar-refractivity contribution in [3.05, 3.63) is 32.6 Å². The van der Waals surface area contributed by atoms with Crippen LogP contribution in [0, 0.1) is 12.3 Å². The smallest absolute Gasteiger partial charge is 0.330 e. The number of H-pyrrole nitrogens is 1. The first kappa shape index (κ1) is 12.6. The zero-order valence-electron chi connectivity index (χ0n) is 9.37. The third-order valence-electron chi connectivity index (χ3n) is 2.82. The van der Waals surface area contributed by atoms with E-state index in [1.54, 1.807) is 0 Å². The van der Waals surface area contributed by atoms with Gasteiger partial charge in [-0.2, -0.15) is 0 Å². The molecule has 1 fully saturated rings. The van der Waals surface area contributed by atoms with Gasteiger partial charge in [0.05, 0.1) is 12.7 Å². The highest BCUT2D eigenvalue weighted by atomic mass is 16.5. The minimum Gasteiger partial charge on any atom is -0.394 e. The zero-order valence-corrected chi connectivity index (χ0v) is 9.37. The lowest BCUT2D eigenvalue weighted by Crippen LogP contribution is -2.33. The highest BCUT2D eigenvalue weighted by Crippen LogP contribution is 2.27. The highest BCUT2D eigenvalue weighted by molar-refractivity contribution is 5.26. The summed E-state index contributed by atoms with van der Waals surface area (Å²) in [6.45, 7) is -0.349. The van der Waals surface area contributed by atoms with Crippen LogP contribution in [0.25, 0.3) is 0 Å². The molecule has 1 aromatic heterocycles. The molecule has 0 bridgehead atoms. The average Bonchev–Trinajstić information content (AvgIpc) is 2.70. The predicted octanol–water partition coefficient (Wildman–Crippen LogP) is -1.84. The molecular weight excluding hydrogens is 240 g/mol. The summed E-state index contributed by atoms with van der Waals surface area (Å²) < 4.78 is 6.41. The summed E-state index contributed by atoms with van der Waals surface area (Å²) in [7, 11) is 0. The molecule has 3 atom stereocenters. The lowest BCUT2D eigenvalue weighted by Gasteiger charge is -2.14. The Kier molecular flexibility index (Phi) is 3.34. The third-order valence-corrected chi connectivity index (χ3v) is 2.82. The number of hydrogen-bond donors (Lipinski definition) is 3. The molecule has 7 nitrogen and oxygen atoms in total. The maximum Gasteiger partial charge on any atom is 0.330 e. The first-order valence-electron chi connectivity index (χ1n) is 5.33. The Bertz CT molecular complexity index is 597. The number of rotatable bonds is 2. The normalized spacial score (nSPS) is 27.1. The Labute approximate surface area is 102 Å². The molecule has 0 spiro atoms. The molecule has 1 aliphatic heterocycles. The van der Waals surface area contributed by atoms with Crippen LogP contribution in [0.1, 0.15) is 18.2 Å². The van der Waals surface area contributed by atoms with E-state index in [-0.39, 0.29) is 18.6 Å². The van der Waals surface area contributed by atoms with E-state index >= 15 is 0 Å². The Balaban J connectivity index is 2.39. The molecule has 0 radical (unpaired) electrons. The van der Waals surface area contributed by atoms with Crippen molar-refractivity contribution >= 4 is 0 Å². The fourth-order valence-electron chi connectivity index (χ4n) is 1.85. The number of hydrogen-bond acceptors (Lipinski definition) is 5. The van der Waals surface area contributed by atoms with Crippen LogP contribution in [0.4, 0.5) is 0 Å². The minimum atomic E-state index is -0.867. The first-order valence-corrected chi connectivity index (χ1v) is 5.33. The predicted molar refractivity (Wildman–Crippen MR) is 60.9 cm³/mol. The highest BCUT2D eigenvalue weighted by Gasteiger charge is 2.35. The topological polar surface area (TPSA) is 105 Å². The molecule has 2 heterocycles. The molecule has 96 valence electrons. The van der Waals surface area contributed by atoms with Crippen LogP contribution in [-0.2, 0) is 4.74 Å². The molecule has 1 aromatic rings. The fraction of sp³-hybridized carbons (Fsp3) is 0.455. The number of aromatic amines is 1. The molecule has 7 heteroatoms. The maximum atomic E-state index is 11.6. The van der Waals surface area contributed by atoms with Gasteiger partial charge in [0.1, 0.15) is 17.9 Å². The Morgan fingerprint density at radius 3 is 2.89 bits per heavy atom. The van der Waals surface area contributed by atoms with E-state index in [0.717, 1.165) is 4.57 Å². The van der Waals surface area contributed by atoms with Crippen molar-refractivity contribution < 1.29 is 14.9 Å². The van der Waals surface area contributed by atoms with Gasteiger partial charge in [-0.05, 0) is 0 Å². The SMILES string of the molecule is C#Cc1cn([C@@H]2C[C@H](O)[C@@H](CO)O2)c(=O)[nH]c1=O. The zero-order chi connectivity index (χ0) is 13.3. The quantitative estimate of drug-likeness (QED) is 0.536. The van der Waals surface area contributed by atoms with E-state index in [1.165, 1.54) is 6.20 Å². The van der Waals surface area contributed by atoms with Crippen molar-refractivity contribution in [2.24, 2.45) is 0 Å². The number of aliphatic hydroxyl groups excluding tert-OH is 2. The van der Waals surface area contributed by atoms with E-state index in [0.29, 0.717) is 0 Å². The van der Waals surface area contributed by atoms with Gasteiger partial charge in [-0.25, -0.2) is 4.79 Å². The van der Waals surface area contributed by atoms with Crippen molar-refractivity contribution in [1.82, 2.24) is 9.55 Å². The van der Waals surface area contributed by atoms with Crippen LogP contribution in [0.2, 0.25) is 0 Å². The van der Waals surface area contributed by atoms with Crippen LogP contribution < -0.4 is 11.2 Å². The van der Waals surface area contributed by atoms with Crippen molar-refractivity contribution in [2.75, 3.05) is 6.61 Å². The van der Waals surface area contributed by atoms with Gasteiger partial charge in [0.2, 0.25) is 0 Å². The molecule has 0 aliphatic carbocycles. The second-order valence-corrected chi connectivity index (χ2v) is 3.97. The van der Waals surface area contributed by atoms with E-state index in [4.69, 9.17) is 16.3 Å². The molecular formula is C11H12N2O5. The summed E-state index contributed by atoms with van der Waals surface area (Å²) in [5.74, 6) is 2.15. The second-order valence-electron chi connectivity index (χ2n) is 3.97. The van der Waals surface area contributed by atoms with E-state index in [2.05, 4.69) is 10.9 Å². The number of nitrogens with zero attached hydrogens (tertiary/aromatic N) is 1. The molecule has 2 rings (SSSR count). The van der Waals surface area contributed by atoms with Crippen LogP contribution in [0.3, 0.4) is 0 Å². The van der Waals surface area contributed by atoms with Crippen LogP contribution in [-0.4, -0.2) is 38.6 Å². The minimum absolute atomic E-state index is 0.000128. The van der Waals surface area contributed by atoms with Crippen LogP contribution in [0.15, 0.2) is 15.8 Å². The summed E-state index contributed by atoms with van der Waals surface area (Å²) in [5, 5.41) is 18.5. The summed E-state index contributed by atoms with van der Waals surface area (Å²) in [6, 6.07) is 0. The Morgan fingerprint density at radius 2 is 2.33 bits per heavy atom. The first-order chi connectivity index (χ1) is 8.56. The lowest BCUT2D eigenvalue weighted by atomic mass is 10.2. The largest absolute Gasteiger partial charge is 0.394 e. The molecule has 3 N–H and O–H groups in total. The van der Waals surface area contributed by atoms with Gasteiger partial charge in [0, 0.05) is 12.6 Å². The van der Waals surface area contributed by atoms with E-state index in [1.807, 2.05) is 0 Å². The molecule has 0 unspecified atom stereocenters. The molecule has 1 saturated heterocycles. The molecule has 1 aliphatic rings. The number of nitrogens with one attached hydrogen (secondary N) is 1. The van der Waals surface area contributed by atoms with Crippen LogP contribution in [0.5, 0.6) is 0 Å². The van der Waals surface area contributed by atoms with Gasteiger partial charge in [0.25, 0.3) is 5.56 Å². The van der Waals surface area contributed by atoms with E-state index in [9.17, 15) is 14.7 Å². The van der Waals surface area contributed by atoms with Gasteiger partial charge in [-0.15, -0.1) is 6.42 Å². The van der Waals surface area contributed by atoms with Gasteiger partial charge in [0.15, 0.2) is 0 Å². The fourth-order valence-corrected chi connectivity index (χ4v) is 1.85. The monoisotopic (exact) mass is 252 g/mol. The third kappa shape index (κ3) is 2.09. The molecule has 0 aromatic carbocycles. The van der Waals surface area contributed by atoms with Crippen LogP contribution >= 0.6 is 0 Å². The van der Waals surface area contributed by atoms with Crippen molar-refractivity contribution in [2.45, 2.75) is 24.9 Å². The van der Waals surface area contributed by atoms with Gasteiger partial charge in [-0.3, -0.25) is 14.3 Å². The Morgan fingerprint density at radius 1 is 1.61 bits per heavy atom. The average molecular weight is 252 g/mol. The van der Waals surface area contributed by atoms with Gasteiger partial charge >= 0.3 is 5.69 Å². The number of aromatic nitrogens is 2. The standard InChI is InChI=1S/C11H12N2O5/c1-2-6-4-13(11(17)12-10(6)16)9-3-7(15)8(5-14)18-9/h1,4,7-9,14-15H,3,5H2,(H,12,16,17)/t7-,8+,9-/m0/s1. The van der Waals surface area contributed by atoms with Crippen molar-refractivity contribution in [3.63, 3.8) is 0 Å². The summed E-state index contributed by atoms with van der Waals surface area (Å²) in [4.78, 5) is 25.0. The summed E-state index contributed by atoms with van der Waals surface area (Å²) in [6.07, 6.45) is 4.11. The van der Waals surface area contributed by atoms with Crippen molar-refractivity contribution in [1.29, 1.82) is 0 Å². The van der Waals surface area contributed by atoms with Crippen molar-refractivity contribution in [3.8, 4) is 12.3 Å². The number of ether oxygens (including phenoxy) is 1. The summed E-state index contributed by atoms with van der Waals surface area (Å²) >= 11 is 0.